The van der Waals surface area contributed by atoms with Crippen LogP contribution in [0, 0.1) is 0 Å². The molecule has 0 aromatic carbocycles. The van der Waals surface area contributed by atoms with Crippen LogP contribution in [0.1, 0.15) is 0 Å². The summed E-state index contributed by atoms with van der Waals surface area (Å²) in [7, 11) is -4.76. The van der Waals surface area contributed by atoms with Crippen molar-refractivity contribution in [2.75, 3.05) is 0 Å². The summed E-state index contributed by atoms with van der Waals surface area (Å²) in [6, 6.07) is 0. The maximum absolute atomic E-state index is 9.52. The molecule has 0 unspecified atom stereocenters. The second kappa shape index (κ2) is 8.84. The van der Waals surface area contributed by atoms with Crippen molar-refractivity contribution in [1.29, 1.82) is 0 Å². The van der Waals surface area contributed by atoms with Crippen LogP contribution in [0.4, 0.5) is 0 Å². The Morgan fingerprint density at radius 1 is 1.10 bits per heavy atom. The molecular weight excluding hydrogens is 190 g/mol. The second-order valence-electron chi connectivity index (χ2n) is 0.612. The van der Waals surface area contributed by atoms with E-state index in [4.69, 9.17) is 10.5 Å². The van der Waals surface area contributed by atoms with Crippen LogP contribution in [-0.4, -0.2) is 8.42 Å². The fourth-order valence-corrected chi connectivity index (χ4v) is 0.136. The maximum atomic E-state index is 9.52. The van der Waals surface area contributed by atoms with Gasteiger partial charge in [-0.25, -0.2) is 0 Å². The molecule has 10 heteroatoms. The Morgan fingerprint density at radius 2 is 1.50 bits per heavy atom. The van der Waals surface area contributed by atoms with Crippen LogP contribution in [0.2, 0.25) is 0 Å². The molecule has 0 aromatic rings. The first-order valence-electron chi connectivity index (χ1n) is 1.17. The van der Waals surface area contributed by atoms with Crippen molar-refractivity contribution in [2.45, 2.75) is 0 Å². The standard InChI is InChI=1S/2Na.H2O7S/c;;1-5-7-8(3,4)6-2/h;;1-2H/q2*+1;/p-2. The van der Waals surface area contributed by atoms with E-state index in [0.717, 1.165) is 0 Å². The van der Waals surface area contributed by atoms with Gasteiger partial charge in [0.15, 0.2) is 0 Å². The van der Waals surface area contributed by atoms with Gasteiger partial charge in [0.2, 0.25) is 0 Å². The monoisotopic (exact) mass is 190 g/mol. The molecule has 7 nitrogen and oxygen atoms in total. The summed E-state index contributed by atoms with van der Waals surface area (Å²) >= 11 is 0. The topological polar surface area (TPSA) is 108 Å². The number of hydrogen-bond donors (Lipinski definition) is 0. The van der Waals surface area contributed by atoms with E-state index in [1.54, 1.807) is 0 Å². The summed E-state index contributed by atoms with van der Waals surface area (Å²) in [6.45, 7) is 0. The minimum Gasteiger partial charge on any atom is -0.705 e. The zero-order chi connectivity index (χ0) is 6.62. The van der Waals surface area contributed by atoms with Crippen molar-refractivity contribution < 1.29 is 91.8 Å². The number of hydrogen-bond acceptors (Lipinski definition) is 7. The Kier molecular flexibility index (Phi) is 15.7. The van der Waals surface area contributed by atoms with E-state index in [1.165, 1.54) is 0 Å². The molecule has 0 atom stereocenters. The van der Waals surface area contributed by atoms with Gasteiger partial charge in [0.1, 0.15) is 0 Å². The molecule has 0 radical (unpaired) electrons. The smallest absolute Gasteiger partial charge is 0.705 e. The van der Waals surface area contributed by atoms with Crippen LogP contribution < -0.4 is 69.6 Å². The van der Waals surface area contributed by atoms with Crippen molar-refractivity contribution in [1.82, 2.24) is 0 Å². The molecule has 50 valence electrons. The molecule has 0 fully saturated rings. The minimum atomic E-state index is -4.76. The average Bonchev–Trinajstić information content (AvgIpc) is 1.67. The Bertz CT molecular complexity index is 136. The summed E-state index contributed by atoms with van der Waals surface area (Å²) in [5.41, 5.74) is 0. The van der Waals surface area contributed by atoms with Gasteiger partial charge in [-0.15, -0.1) is 0 Å². The molecule has 0 heterocycles. The first-order chi connectivity index (χ1) is 3.62. The fraction of sp³-hybridized carbons (Fsp3) is 0. The van der Waals surface area contributed by atoms with Gasteiger partial charge in [0.05, 0.1) is 0 Å². The van der Waals surface area contributed by atoms with Gasteiger partial charge in [-0.3, -0.25) is 5.04 Å². The molecule has 0 N–H and O–H groups in total. The molecule has 0 amide bonds. The van der Waals surface area contributed by atoms with Crippen LogP contribution in [0.15, 0.2) is 0 Å². The quantitative estimate of drug-likeness (QED) is 0.247. The Morgan fingerprint density at radius 3 is 1.60 bits per heavy atom. The van der Waals surface area contributed by atoms with Crippen LogP contribution >= 0.6 is 0 Å². The van der Waals surface area contributed by atoms with Gasteiger partial charge in [-0.05, 0) is 0 Å². The number of rotatable bonds is 3. The molecule has 0 aliphatic rings. The van der Waals surface area contributed by atoms with E-state index in [2.05, 4.69) is 13.7 Å². The average molecular weight is 190 g/mol. The summed E-state index contributed by atoms with van der Waals surface area (Å²) in [5, 5.41) is 20.0. The molecule has 0 aliphatic heterocycles. The maximum Gasteiger partial charge on any atom is 1.00 e. The van der Waals surface area contributed by atoms with E-state index in [1.807, 2.05) is 0 Å². The minimum absolute atomic E-state index is 0. The molecule has 0 aliphatic carbocycles. The zero-order valence-electron chi connectivity index (χ0n) is 5.27. The first-order valence-corrected chi connectivity index (χ1v) is 2.50. The third kappa shape index (κ3) is 9.75. The van der Waals surface area contributed by atoms with Gasteiger partial charge >= 0.3 is 69.5 Å². The van der Waals surface area contributed by atoms with Crippen LogP contribution in [0.3, 0.4) is 0 Å². The van der Waals surface area contributed by atoms with E-state index >= 15 is 0 Å². The van der Waals surface area contributed by atoms with Crippen molar-refractivity contribution in [3.05, 3.63) is 0 Å². The summed E-state index contributed by atoms with van der Waals surface area (Å²) in [5.74, 6) is 0. The van der Waals surface area contributed by atoms with Gasteiger partial charge in [0, 0.05) is 0 Å². The summed E-state index contributed by atoms with van der Waals surface area (Å²) < 4.78 is 24.1. The summed E-state index contributed by atoms with van der Waals surface area (Å²) in [4.78, 5) is 0. The van der Waals surface area contributed by atoms with Crippen molar-refractivity contribution in [3.63, 3.8) is 0 Å². The molecule has 0 saturated carbocycles. The molecule has 0 saturated heterocycles. The third-order valence-electron chi connectivity index (χ3n) is 0.194. The van der Waals surface area contributed by atoms with Crippen LogP contribution in [0.5, 0.6) is 0 Å². The second-order valence-corrected chi connectivity index (χ2v) is 1.70. The van der Waals surface area contributed by atoms with Crippen molar-refractivity contribution in [3.8, 4) is 0 Å². The summed E-state index contributed by atoms with van der Waals surface area (Å²) in [6.07, 6.45) is 0. The molecule has 0 bridgehead atoms. The van der Waals surface area contributed by atoms with E-state index in [9.17, 15) is 8.42 Å². The van der Waals surface area contributed by atoms with E-state index in [0.29, 0.717) is 0 Å². The molecule has 0 rings (SSSR count). The van der Waals surface area contributed by atoms with Crippen molar-refractivity contribution >= 4 is 10.4 Å². The Hall–Kier alpha value is 1.75. The SMILES string of the molecule is O=S(=O)(O[O-])OO[O-].[Na+].[Na+]. The first kappa shape index (κ1) is 17.7. The van der Waals surface area contributed by atoms with Crippen LogP contribution in [0.25, 0.3) is 0 Å². The Labute approximate surface area is 101 Å². The van der Waals surface area contributed by atoms with Gasteiger partial charge in [0.25, 0.3) is 0 Å². The largest absolute Gasteiger partial charge is 1.00 e. The van der Waals surface area contributed by atoms with E-state index in [-0.39, 0.29) is 59.1 Å². The molecule has 10 heavy (non-hydrogen) atoms. The van der Waals surface area contributed by atoms with Gasteiger partial charge < -0.3 is 14.8 Å². The van der Waals surface area contributed by atoms with Gasteiger partial charge in [-0.1, -0.05) is 4.33 Å². The van der Waals surface area contributed by atoms with Gasteiger partial charge in [-0.2, -0.15) is 8.42 Å². The normalized spacial score (nSPS) is 9.40. The Balaban J connectivity index is -0.000000245. The predicted molar refractivity (Wildman–Crippen MR) is 12.2 cm³/mol. The molecular formula is Na2O7S. The molecule has 0 aromatic heterocycles. The fourth-order valence-electron chi connectivity index (χ4n) is 0.0454. The van der Waals surface area contributed by atoms with Crippen molar-refractivity contribution in [2.24, 2.45) is 0 Å². The van der Waals surface area contributed by atoms with Crippen LogP contribution in [-0.2, 0) is 24.1 Å². The predicted octanol–water partition coefficient (Wildman–Crippen LogP) is -9.25. The molecule has 0 spiro atoms. The van der Waals surface area contributed by atoms with E-state index < -0.39 is 10.4 Å². The third-order valence-corrected chi connectivity index (χ3v) is 0.583. The zero-order valence-corrected chi connectivity index (χ0v) is 10.1.